The van der Waals surface area contributed by atoms with Gasteiger partial charge in [-0.05, 0) is 42.5 Å². The molecule has 0 bridgehead atoms. The fraction of sp³-hybridized carbons (Fsp3) is 0.130. The van der Waals surface area contributed by atoms with Gasteiger partial charge in [-0.2, -0.15) is 0 Å². The summed E-state index contributed by atoms with van der Waals surface area (Å²) in [4.78, 5) is 33.9. The fourth-order valence-corrected chi connectivity index (χ4v) is 4.50. The molecule has 0 radical (unpaired) electrons. The van der Waals surface area contributed by atoms with Crippen molar-refractivity contribution in [2.24, 2.45) is 5.92 Å². The lowest BCUT2D eigenvalue weighted by atomic mass is 9.90. The van der Waals surface area contributed by atoms with E-state index in [-0.39, 0.29) is 11.7 Å². The Hall–Kier alpha value is -3.16. The second-order valence-electron chi connectivity index (χ2n) is 7.21. The van der Waals surface area contributed by atoms with Crippen LogP contribution in [0.1, 0.15) is 11.6 Å². The van der Waals surface area contributed by atoms with Gasteiger partial charge in [-0.1, -0.05) is 52.3 Å². The van der Waals surface area contributed by atoms with E-state index >= 15 is 0 Å². The van der Waals surface area contributed by atoms with Gasteiger partial charge in [-0.3, -0.25) is 14.4 Å². The first-order valence-corrected chi connectivity index (χ1v) is 10.3. The van der Waals surface area contributed by atoms with Crippen molar-refractivity contribution in [3.63, 3.8) is 0 Å². The monoisotopic (exact) mass is 464 g/mol. The number of hydroxylamine groups is 1. The number of imide groups is 1. The van der Waals surface area contributed by atoms with Crippen molar-refractivity contribution >= 4 is 39.1 Å². The molecule has 5 rings (SSSR count). The Morgan fingerprint density at radius 1 is 0.833 bits per heavy atom. The number of phenols is 1. The van der Waals surface area contributed by atoms with Gasteiger partial charge in [0.15, 0.2) is 6.10 Å². The molecule has 0 saturated carbocycles. The van der Waals surface area contributed by atoms with Crippen LogP contribution in [-0.4, -0.2) is 23.0 Å². The van der Waals surface area contributed by atoms with Crippen LogP contribution in [0.4, 0.5) is 11.4 Å². The second-order valence-corrected chi connectivity index (χ2v) is 8.12. The third-order valence-electron chi connectivity index (χ3n) is 5.45. The van der Waals surface area contributed by atoms with Crippen LogP contribution in [0.15, 0.2) is 83.3 Å². The third kappa shape index (κ3) is 2.89. The molecule has 2 aliphatic heterocycles. The van der Waals surface area contributed by atoms with E-state index in [0.29, 0.717) is 16.9 Å². The molecule has 0 spiro atoms. The fourth-order valence-electron chi connectivity index (χ4n) is 4.12. The largest absolute Gasteiger partial charge is 0.508 e. The van der Waals surface area contributed by atoms with E-state index < -0.39 is 24.0 Å². The van der Waals surface area contributed by atoms with Crippen molar-refractivity contribution in [1.29, 1.82) is 0 Å². The number of nitrogens with zero attached hydrogens (tertiary/aromatic N) is 2. The van der Waals surface area contributed by atoms with Crippen molar-refractivity contribution in [3.8, 4) is 5.75 Å². The van der Waals surface area contributed by atoms with E-state index in [2.05, 4.69) is 15.9 Å². The van der Waals surface area contributed by atoms with Crippen LogP contribution in [-0.2, 0) is 14.4 Å². The number of fused-ring (bicyclic) bond motifs is 1. The van der Waals surface area contributed by atoms with E-state index in [4.69, 9.17) is 4.84 Å². The van der Waals surface area contributed by atoms with Gasteiger partial charge >= 0.3 is 0 Å². The molecule has 2 fully saturated rings. The standard InChI is InChI=1S/C23H17BrN2O4/c24-14-11-12-18(27)17(13-14)20-19-21(30-26(20)16-9-5-2-6-10-16)23(29)25(22(19)28)15-7-3-1-4-8-15/h1-13,19-21,27H/t19-,20+,21+/m0/s1. The molecule has 2 aliphatic rings. The van der Waals surface area contributed by atoms with Crippen molar-refractivity contribution in [2.75, 3.05) is 9.96 Å². The minimum atomic E-state index is -0.971. The molecule has 3 atom stereocenters. The van der Waals surface area contributed by atoms with Crippen LogP contribution < -0.4 is 9.96 Å². The molecule has 2 saturated heterocycles. The van der Waals surface area contributed by atoms with Crippen molar-refractivity contribution in [1.82, 2.24) is 0 Å². The summed E-state index contributed by atoms with van der Waals surface area (Å²) in [5.41, 5.74) is 1.72. The lowest BCUT2D eigenvalue weighted by Crippen LogP contribution is -2.37. The number of hydrogen-bond acceptors (Lipinski definition) is 5. The van der Waals surface area contributed by atoms with Gasteiger partial charge in [-0.25, -0.2) is 9.96 Å². The molecule has 2 amide bonds. The summed E-state index contributed by atoms with van der Waals surface area (Å²) in [6.45, 7) is 0. The molecule has 0 aliphatic carbocycles. The number of carbonyl (C=O) groups excluding carboxylic acids is 2. The molecule has 3 aromatic carbocycles. The summed E-state index contributed by atoms with van der Waals surface area (Å²) in [5.74, 6) is -1.52. The Bertz CT molecular complexity index is 1120. The van der Waals surface area contributed by atoms with Crippen LogP contribution in [0, 0.1) is 5.92 Å². The molecule has 0 unspecified atom stereocenters. The van der Waals surface area contributed by atoms with E-state index in [9.17, 15) is 14.7 Å². The Morgan fingerprint density at radius 3 is 2.13 bits per heavy atom. The summed E-state index contributed by atoms with van der Waals surface area (Å²) in [6, 6.07) is 22.4. The first-order valence-electron chi connectivity index (χ1n) is 9.48. The highest BCUT2D eigenvalue weighted by atomic mass is 79.9. The Morgan fingerprint density at radius 2 is 1.47 bits per heavy atom. The molecule has 6 nitrogen and oxygen atoms in total. The van der Waals surface area contributed by atoms with Gasteiger partial charge in [-0.15, -0.1) is 0 Å². The lowest BCUT2D eigenvalue weighted by molar-refractivity contribution is -0.126. The van der Waals surface area contributed by atoms with E-state index in [1.54, 1.807) is 47.5 Å². The lowest BCUT2D eigenvalue weighted by Gasteiger charge is -2.29. The molecule has 150 valence electrons. The number of para-hydroxylation sites is 2. The smallest absolute Gasteiger partial charge is 0.266 e. The Labute approximate surface area is 181 Å². The SMILES string of the molecule is O=C1[C@H]2[C@@H](c3cc(Br)ccc3O)N(c3ccccc3)O[C@H]2C(=O)N1c1ccccc1. The van der Waals surface area contributed by atoms with Gasteiger partial charge in [0.2, 0.25) is 5.91 Å². The maximum absolute atomic E-state index is 13.5. The zero-order valence-corrected chi connectivity index (χ0v) is 17.3. The Balaban J connectivity index is 1.63. The quantitative estimate of drug-likeness (QED) is 0.588. The van der Waals surface area contributed by atoms with Gasteiger partial charge < -0.3 is 5.11 Å². The van der Waals surface area contributed by atoms with E-state index in [1.807, 2.05) is 36.4 Å². The number of phenolic OH excluding ortho intramolecular Hbond substituents is 1. The number of anilines is 2. The maximum Gasteiger partial charge on any atom is 0.266 e. The zero-order chi connectivity index (χ0) is 20.8. The molecule has 0 aromatic heterocycles. The number of rotatable bonds is 3. The highest BCUT2D eigenvalue weighted by molar-refractivity contribution is 9.10. The van der Waals surface area contributed by atoms with Crippen LogP contribution >= 0.6 is 15.9 Å². The van der Waals surface area contributed by atoms with Crippen molar-refractivity contribution < 1.29 is 19.5 Å². The molecule has 2 heterocycles. The van der Waals surface area contributed by atoms with Gasteiger partial charge in [0.25, 0.3) is 5.91 Å². The first-order chi connectivity index (χ1) is 14.6. The molecule has 7 heteroatoms. The Kier molecular flexibility index (Phi) is 4.56. The van der Waals surface area contributed by atoms with Gasteiger partial charge in [0.1, 0.15) is 11.7 Å². The average molecular weight is 465 g/mol. The second kappa shape index (κ2) is 7.27. The topological polar surface area (TPSA) is 70.1 Å². The number of halogens is 1. The summed E-state index contributed by atoms with van der Waals surface area (Å²) in [5, 5.41) is 12.2. The predicted molar refractivity (Wildman–Crippen MR) is 115 cm³/mol. The summed E-state index contributed by atoms with van der Waals surface area (Å²) in [7, 11) is 0. The summed E-state index contributed by atoms with van der Waals surface area (Å²) < 4.78 is 0.753. The van der Waals surface area contributed by atoms with E-state index in [1.165, 1.54) is 4.90 Å². The number of carbonyl (C=O) groups is 2. The highest BCUT2D eigenvalue weighted by Gasteiger charge is 2.60. The molecule has 1 N–H and O–H groups in total. The number of benzene rings is 3. The number of hydrogen-bond donors (Lipinski definition) is 1. The maximum atomic E-state index is 13.5. The van der Waals surface area contributed by atoms with E-state index in [0.717, 1.165) is 4.47 Å². The minimum Gasteiger partial charge on any atom is -0.508 e. The summed E-state index contributed by atoms with van der Waals surface area (Å²) in [6.07, 6.45) is -0.971. The summed E-state index contributed by atoms with van der Waals surface area (Å²) >= 11 is 3.44. The van der Waals surface area contributed by atoms with Crippen molar-refractivity contribution in [2.45, 2.75) is 12.1 Å². The molecular formula is C23H17BrN2O4. The molecule has 30 heavy (non-hydrogen) atoms. The molecular weight excluding hydrogens is 448 g/mol. The number of amides is 2. The zero-order valence-electron chi connectivity index (χ0n) is 15.7. The minimum absolute atomic E-state index is 0.0341. The number of aromatic hydroxyl groups is 1. The predicted octanol–water partition coefficient (Wildman–Crippen LogP) is 4.21. The molecule has 3 aromatic rings. The third-order valence-corrected chi connectivity index (χ3v) is 5.94. The highest BCUT2D eigenvalue weighted by Crippen LogP contribution is 2.49. The van der Waals surface area contributed by atoms with Crippen LogP contribution in [0.3, 0.4) is 0 Å². The van der Waals surface area contributed by atoms with Gasteiger partial charge in [0, 0.05) is 10.0 Å². The average Bonchev–Trinajstić information content (AvgIpc) is 3.27. The van der Waals surface area contributed by atoms with Crippen LogP contribution in [0.25, 0.3) is 0 Å². The van der Waals surface area contributed by atoms with Crippen LogP contribution in [0.2, 0.25) is 0 Å². The first kappa shape index (κ1) is 18.8. The van der Waals surface area contributed by atoms with Crippen LogP contribution in [0.5, 0.6) is 5.75 Å². The normalized spacial score (nSPS) is 23.2. The van der Waals surface area contributed by atoms with Crippen molar-refractivity contribution in [3.05, 3.63) is 88.9 Å². The van der Waals surface area contributed by atoms with Gasteiger partial charge in [0.05, 0.1) is 17.4 Å².